The molecule has 0 radical (unpaired) electrons. The summed E-state index contributed by atoms with van der Waals surface area (Å²) in [6.45, 7) is 4.23. The highest BCUT2D eigenvalue weighted by atomic mass is 16.3. The maximum absolute atomic E-state index is 9.65. The molecule has 2 unspecified atom stereocenters. The Morgan fingerprint density at radius 2 is 2.12 bits per heavy atom. The Morgan fingerprint density at radius 3 is 2.81 bits per heavy atom. The fourth-order valence-electron chi connectivity index (χ4n) is 2.47. The van der Waals surface area contributed by atoms with Crippen LogP contribution in [0, 0.1) is 0 Å². The molecule has 0 bridgehead atoms. The molecule has 2 heteroatoms. The van der Waals surface area contributed by atoms with Gasteiger partial charge in [0, 0.05) is 12.6 Å². The van der Waals surface area contributed by atoms with Crippen molar-refractivity contribution in [2.24, 2.45) is 0 Å². The number of piperidine rings is 1. The molecule has 1 N–H and O–H groups in total. The second-order valence-corrected chi connectivity index (χ2v) is 4.83. The largest absolute Gasteiger partial charge is 0.392 e. The summed E-state index contributed by atoms with van der Waals surface area (Å²) in [6.07, 6.45) is 3.05. The van der Waals surface area contributed by atoms with Crippen LogP contribution < -0.4 is 0 Å². The number of nitrogens with zero attached hydrogens (tertiary/aromatic N) is 1. The van der Waals surface area contributed by atoms with Crippen LogP contribution in [0.4, 0.5) is 0 Å². The molecule has 1 fully saturated rings. The second kappa shape index (κ2) is 5.46. The molecule has 1 heterocycles. The number of likely N-dealkylation sites (tertiary alicyclic amines) is 1. The zero-order valence-electron chi connectivity index (χ0n) is 9.97. The molecule has 0 aromatic heterocycles. The van der Waals surface area contributed by atoms with Crippen LogP contribution in [0.15, 0.2) is 30.3 Å². The van der Waals surface area contributed by atoms with Crippen molar-refractivity contribution in [3.63, 3.8) is 0 Å². The molecule has 2 rings (SSSR count). The van der Waals surface area contributed by atoms with Gasteiger partial charge in [0.1, 0.15) is 0 Å². The van der Waals surface area contributed by atoms with Gasteiger partial charge in [-0.05, 0) is 38.3 Å². The van der Waals surface area contributed by atoms with Crippen molar-refractivity contribution < 1.29 is 5.11 Å². The summed E-state index contributed by atoms with van der Waals surface area (Å²) < 4.78 is 0. The first kappa shape index (κ1) is 11.6. The molecule has 1 aliphatic heterocycles. The first-order valence-corrected chi connectivity index (χ1v) is 6.22. The van der Waals surface area contributed by atoms with Gasteiger partial charge in [-0.15, -0.1) is 0 Å². The average Bonchev–Trinajstić information content (AvgIpc) is 2.30. The van der Waals surface area contributed by atoms with E-state index < -0.39 is 0 Å². The van der Waals surface area contributed by atoms with Crippen LogP contribution in [0.25, 0.3) is 0 Å². The molecule has 88 valence electrons. The van der Waals surface area contributed by atoms with Crippen LogP contribution in [-0.2, 0) is 6.42 Å². The van der Waals surface area contributed by atoms with Crippen molar-refractivity contribution in [2.75, 3.05) is 13.1 Å². The Hall–Kier alpha value is -0.860. The fourth-order valence-corrected chi connectivity index (χ4v) is 2.47. The van der Waals surface area contributed by atoms with Crippen LogP contribution >= 0.6 is 0 Å². The molecule has 16 heavy (non-hydrogen) atoms. The quantitative estimate of drug-likeness (QED) is 0.841. The van der Waals surface area contributed by atoms with Crippen molar-refractivity contribution in [3.05, 3.63) is 35.9 Å². The molecule has 1 saturated heterocycles. The number of β-amino-alcohol motifs (C(OH)–C–C–N with tert-alkyl or cyclic N) is 1. The third kappa shape index (κ3) is 3.06. The van der Waals surface area contributed by atoms with Gasteiger partial charge >= 0.3 is 0 Å². The summed E-state index contributed by atoms with van der Waals surface area (Å²) in [5.41, 5.74) is 1.38. The van der Waals surface area contributed by atoms with Gasteiger partial charge < -0.3 is 5.11 Å². The van der Waals surface area contributed by atoms with E-state index in [2.05, 4.69) is 42.2 Å². The lowest BCUT2D eigenvalue weighted by Crippen LogP contribution is -2.44. The van der Waals surface area contributed by atoms with Crippen molar-refractivity contribution in [1.82, 2.24) is 4.90 Å². The molecule has 0 saturated carbocycles. The lowest BCUT2D eigenvalue weighted by atomic mass is 10.0. The predicted octanol–water partition coefficient (Wildman–Crippen LogP) is 2.07. The smallest absolute Gasteiger partial charge is 0.0667 e. The standard InChI is InChI=1S/C14H21NO/c1-12(10-13-6-3-2-4-7-13)15-9-5-8-14(16)11-15/h2-4,6-7,12,14,16H,5,8-11H2,1H3. The van der Waals surface area contributed by atoms with Gasteiger partial charge in [-0.25, -0.2) is 0 Å². The molecule has 2 nitrogen and oxygen atoms in total. The van der Waals surface area contributed by atoms with E-state index in [1.807, 2.05) is 0 Å². The SMILES string of the molecule is CC(Cc1ccccc1)N1CCCC(O)C1. The number of rotatable bonds is 3. The molecule has 2 atom stereocenters. The van der Waals surface area contributed by atoms with Gasteiger partial charge in [-0.3, -0.25) is 4.90 Å². The summed E-state index contributed by atoms with van der Waals surface area (Å²) in [7, 11) is 0. The number of aliphatic hydroxyl groups excluding tert-OH is 1. The topological polar surface area (TPSA) is 23.5 Å². The number of aliphatic hydroxyl groups is 1. The van der Waals surface area contributed by atoms with Gasteiger partial charge in [0.2, 0.25) is 0 Å². The summed E-state index contributed by atoms with van der Waals surface area (Å²) in [6, 6.07) is 11.1. The molecule has 1 aromatic rings. The van der Waals surface area contributed by atoms with Gasteiger partial charge in [-0.2, -0.15) is 0 Å². The predicted molar refractivity (Wildman–Crippen MR) is 66.4 cm³/mol. The van der Waals surface area contributed by atoms with Gasteiger partial charge in [0.25, 0.3) is 0 Å². The maximum Gasteiger partial charge on any atom is 0.0667 e. The van der Waals surface area contributed by atoms with E-state index in [1.165, 1.54) is 5.56 Å². The zero-order valence-corrected chi connectivity index (χ0v) is 9.97. The van der Waals surface area contributed by atoms with Crippen molar-refractivity contribution in [3.8, 4) is 0 Å². The lowest BCUT2D eigenvalue weighted by Gasteiger charge is -2.35. The minimum atomic E-state index is -0.119. The van der Waals surface area contributed by atoms with E-state index in [4.69, 9.17) is 0 Å². The molecular formula is C14H21NO. The Labute approximate surface area is 97.9 Å². The van der Waals surface area contributed by atoms with Gasteiger partial charge in [-0.1, -0.05) is 30.3 Å². The molecule has 1 aromatic carbocycles. The zero-order chi connectivity index (χ0) is 11.4. The van der Waals surface area contributed by atoms with Crippen LogP contribution in [0.2, 0.25) is 0 Å². The van der Waals surface area contributed by atoms with Crippen LogP contribution in [-0.4, -0.2) is 35.2 Å². The summed E-state index contributed by atoms with van der Waals surface area (Å²) in [4.78, 5) is 2.40. The van der Waals surface area contributed by atoms with Gasteiger partial charge in [0.05, 0.1) is 6.10 Å². The van der Waals surface area contributed by atoms with Crippen molar-refractivity contribution in [2.45, 2.75) is 38.3 Å². The number of hydrogen-bond donors (Lipinski definition) is 1. The van der Waals surface area contributed by atoms with E-state index in [1.54, 1.807) is 0 Å². The first-order chi connectivity index (χ1) is 7.75. The number of hydrogen-bond acceptors (Lipinski definition) is 2. The van der Waals surface area contributed by atoms with E-state index in [9.17, 15) is 5.11 Å². The highest BCUT2D eigenvalue weighted by molar-refractivity contribution is 5.15. The minimum Gasteiger partial charge on any atom is -0.392 e. The van der Waals surface area contributed by atoms with E-state index >= 15 is 0 Å². The first-order valence-electron chi connectivity index (χ1n) is 6.22. The van der Waals surface area contributed by atoms with E-state index in [0.29, 0.717) is 6.04 Å². The third-order valence-corrected chi connectivity index (χ3v) is 3.43. The van der Waals surface area contributed by atoms with Gasteiger partial charge in [0.15, 0.2) is 0 Å². The van der Waals surface area contributed by atoms with Crippen LogP contribution in [0.3, 0.4) is 0 Å². The van der Waals surface area contributed by atoms with Crippen LogP contribution in [0.1, 0.15) is 25.3 Å². The molecule has 0 spiro atoms. The number of benzene rings is 1. The Bertz CT molecular complexity index is 312. The molecule has 0 aliphatic carbocycles. The molecule has 0 amide bonds. The minimum absolute atomic E-state index is 0.119. The lowest BCUT2D eigenvalue weighted by molar-refractivity contribution is 0.0507. The Kier molecular flexibility index (Phi) is 3.97. The van der Waals surface area contributed by atoms with Crippen molar-refractivity contribution in [1.29, 1.82) is 0 Å². The Morgan fingerprint density at radius 1 is 1.38 bits per heavy atom. The molecule has 1 aliphatic rings. The van der Waals surface area contributed by atoms with E-state index in [-0.39, 0.29) is 6.10 Å². The summed E-state index contributed by atoms with van der Waals surface area (Å²) in [5.74, 6) is 0. The summed E-state index contributed by atoms with van der Waals surface area (Å²) >= 11 is 0. The molecular weight excluding hydrogens is 198 g/mol. The highest BCUT2D eigenvalue weighted by Gasteiger charge is 2.21. The van der Waals surface area contributed by atoms with Crippen molar-refractivity contribution >= 4 is 0 Å². The second-order valence-electron chi connectivity index (χ2n) is 4.83. The average molecular weight is 219 g/mol. The van der Waals surface area contributed by atoms with Crippen LogP contribution in [0.5, 0.6) is 0 Å². The third-order valence-electron chi connectivity index (χ3n) is 3.43. The summed E-state index contributed by atoms with van der Waals surface area (Å²) in [5, 5.41) is 9.65. The maximum atomic E-state index is 9.65. The normalized spacial score (nSPS) is 24.2. The fraction of sp³-hybridized carbons (Fsp3) is 0.571. The Balaban J connectivity index is 1.90. The monoisotopic (exact) mass is 219 g/mol. The highest BCUT2D eigenvalue weighted by Crippen LogP contribution is 2.15. The van der Waals surface area contributed by atoms with E-state index in [0.717, 1.165) is 32.4 Å².